The van der Waals surface area contributed by atoms with E-state index < -0.39 is 29.8 Å². The largest absolute Gasteiger partial charge is 0.480 e. The second-order valence-corrected chi connectivity index (χ2v) is 7.00. The van der Waals surface area contributed by atoms with Crippen molar-refractivity contribution in [1.82, 2.24) is 5.32 Å². The van der Waals surface area contributed by atoms with Crippen LogP contribution in [0.1, 0.15) is 54.4 Å². The van der Waals surface area contributed by atoms with Crippen LogP contribution in [0.3, 0.4) is 0 Å². The van der Waals surface area contributed by atoms with E-state index in [0.717, 1.165) is 0 Å². The molecule has 0 aromatic heterocycles. The topological polar surface area (TPSA) is 95.9 Å². The van der Waals surface area contributed by atoms with Crippen molar-refractivity contribution in [1.29, 1.82) is 0 Å². The molecule has 1 amide bonds. The van der Waals surface area contributed by atoms with Crippen molar-refractivity contribution >= 4 is 12.1 Å². The molecule has 0 saturated heterocycles. The van der Waals surface area contributed by atoms with Crippen LogP contribution in [0.25, 0.3) is 0 Å². The minimum Gasteiger partial charge on any atom is -0.480 e. The highest BCUT2D eigenvalue weighted by Crippen LogP contribution is 2.23. The lowest BCUT2D eigenvalue weighted by Crippen LogP contribution is -2.44. The number of carboxylic acids is 1. The number of hydrogen-bond acceptors (Lipinski definition) is 4. The summed E-state index contributed by atoms with van der Waals surface area (Å²) in [5.41, 5.74) is -1.01. The number of hydrogen-bond donors (Lipinski definition) is 3. The fourth-order valence-corrected chi connectivity index (χ4v) is 1.46. The van der Waals surface area contributed by atoms with E-state index in [1.807, 2.05) is 20.8 Å². The molecule has 0 aliphatic heterocycles. The van der Waals surface area contributed by atoms with Crippen LogP contribution in [0.15, 0.2) is 0 Å². The van der Waals surface area contributed by atoms with Gasteiger partial charge in [-0.15, -0.1) is 0 Å². The summed E-state index contributed by atoms with van der Waals surface area (Å²) in [7, 11) is 0. The number of amides is 1. The van der Waals surface area contributed by atoms with Gasteiger partial charge < -0.3 is 20.3 Å². The SMILES string of the molecule is CC(C)(C)OC(=O)NC(CCC(O)C(C)(C)C)C(=O)O. The van der Waals surface area contributed by atoms with Gasteiger partial charge in [0.05, 0.1) is 6.10 Å². The molecular weight excluding hydrogens is 262 g/mol. The number of carboxylic acid groups (broad SMARTS) is 1. The molecule has 20 heavy (non-hydrogen) atoms. The molecule has 0 fully saturated rings. The second-order valence-electron chi connectivity index (χ2n) is 7.00. The molecule has 0 rings (SSSR count). The smallest absolute Gasteiger partial charge is 0.408 e. The monoisotopic (exact) mass is 289 g/mol. The van der Waals surface area contributed by atoms with Crippen LogP contribution in [-0.2, 0) is 9.53 Å². The van der Waals surface area contributed by atoms with Crippen molar-refractivity contribution in [2.45, 2.75) is 72.1 Å². The number of ether oxygens (including phenoxy) is 1. The summed E-state index contributed by atoms with van der Waals surface area (Å²) in [5.74, 6) is -1.14. The molecule has 0 spiro atoms. The normalized spacial score (nSPS) is 15.3. The zero-order valence-electron chi connectivity index (χ0n) is 13.2. The molecule has 0 radical (unpaired) electrons. The van der Waals surface area contributed by atoms with E-state index in [1.54, 1.807) is 20.8 Å². The number of carbonyl (C=O) groups excluding carboxylic acids is 1. The van der Waals surface area contributed by atoms with Gasteiger partial charge in [-0.05, 0) is 39.0 Å². The third-order valence-corrected chi connectivity index (χ3v) is 2.72. The zero-order valence-corrected chi connectivity index (χ0v) is 13.2. The third-order valence-electron chi connectivity index (χ3n) is 2.72. The summed E-state index contributed by atoms with van der Waals surface area (Å²) in [6.45, 7) is 10.7. The first-order valence-electron chi connectivity index (χ1n) is 6.73. The van der Waals surface area contributed by atoms with Gasteiger partial charge in [-0.1, -0.05) is 20.8 Å². The fourth-order valence-electron chi connectivity index (χ4n) is 1.46. The van der Waals surface area contributed by atoms with Gasteiger partial charge in [-0.3, -0.25) is 0 Å². The number of alkyl carbamates (subject to hydrolysis) is 1. The maximum atomic E-state index is 11.6. The summed E-state index contributed by atoms with van der Waals surface area (Å²) < 4.78 is 5.02. The Kier molecular flexibility index (Phi) is 6.47. The Bertz CT molecular complexity index is 340. The Labute approximate surface area is 120 Å². The van der Waals surface area contributed by atoms with Gasteiger partial charge in [0.1, 0.15) is 11.6 Å². The Morgan fingerprint density at radius 1 is 1.10 bits per heavy atom. The number of rotatable bonds is 5. The molecule has 6 heteroatoms. The highest BCUT2D eigenvalue weighted by atomic mass is 16.6. The number of carbonyl (C=O) groups is 2. The molecule has 118 valence electrons. The van der Waals surface area contributed by atoms with Gasteiger partial charge in [0.15, 0.2) is 0 Å². The first kappa shape index (κ1) is 18.7. The van der Waals surface area contributed by atoms with Crippen molar-refractivity contribution in [3.05, 3.63) is 0 Å². The Morgan fingerprint density at radius 3 is 1.95 bits per heavy atom. The standard InChI is InChI=1S/C14H27NO5/c1-13(2,3)10(16)8-7-9(11(17)18)15-12(19)20-14(4,5)6/h9-10,16H,7-8H2,1-6H3,(H,15,19)(H,17,18). The summed E-state index contributed by atoms with van der Waals surface area (Å²) in [6, 6.07) is -1.07. The molecule has 0 aliphatic carbocycles. The average molecular weight is 289 g/mol. The molecule has 0 bridgehead atoms. The molecule has 0 saturated carbocycles. The molecular formula is C14H27NO5. The van der Waals surface area contributed by atoms with Crippen molar-refractivity contribution in [2.75, 3.05) is 0 Å². The molecule has 0 aromatic rings. The predicted octanol–water partition coefficient (Wildman–Crippen LogP) is 2.15. The van der Waals surface area contributed by atoms with Crippen molar-refractivity contribution in [3.8, 4) is 0 Å². The van der Waals surface area contributed by atoms with Gasteiger partial charge >= 0.3 is 12.1 Å². The van der Waals surface area contributed by atoms with Crippen molar-refractivity contribution in [3.63, 3.8) is 0 Å². The summed E-state index contributed by atoms with van der Waals surface area (Å²) in [5, 5.41) is 21.3. The minimum absolute atomic E-state index is 0.146. The number of aliphatic hydroxyl groups is 1. The molecule has 2 unspecified atom stereocenters. The van der Waals surface area contributed by atoms with Crippen LogP contribution in [0.2, 0.25) is 0 Å². The van der Waals surface area contributed by atoms with Crippen LogP contribution < -0.4 is 5.32 Å². The summed E-state index contributed by atoms with van der Waals surface area (Å²) >= 11 is 0. The van der Waals surface area contributed by atoms with E-state index in [9.17, 15) is 14.7 Å². The minimum atomic E-state index is -1.14. The van der Waals surface area contributed by atoms with Crippen LogP contribution >= 0.6 is 0 Å². The maximum absolute atomic E-state index is 11.6. The summed E-state index contributed by atoms with van der Waals surface area (Å²) in [4.78, 5) is 22.7. The first-order valence-corrected chi connectivity index (χ1v) is 6.73. The van der Waals surface area contributed by atoms with E-state index in [1.165, 1.54) is 0 Å². The zero-order chi connectivity index (χ0) is 16.1. The first-order chi connectivity index (χ1) is 8.83. The van der Waals surface area contributed by atoms with Gasteiger partial charge in [0.2, 0.25) is 0 Å². The molecule has 0 aliphatic rings. The maximum Gasteiger partial charge on any atom is 0.408 e. The Balaban J connectivity index is 4.46. The van der Waals surface area contributed by atoms with Crippen molar-refractivity contribution < 1.29 is 24.5 Å². The Morgan fingerprint density at radius 2 is 1.60 bits per heavy atom. The molecule has 0 heterocycles. The lowest BCUT2D eigenvalue weighted by atomic mass is 9.86. The highest BCUT2D eigenvalue weighted by Gasteiger charge is 2.27. The van der Waals surface area contributed by atoms with E-state index in [4.69, 9.17) is 9.84 Å². The molecule has 3 N–H and O–H groups in total. The molecule has 2 atom stereocenters. The Hall–Kier alpha value is -1.30. The van der Waals surface area contributed by atoms with Gasteiger partial charge in [0, 0.05) is 0 Å². The number of aliphatic hydroxyl groups excluding tert-OH is 1. The third kappa shape index (κ3) is 7.99. The number of nitrogens with one attached hydrogen (secondary N) is 1. The van der Waals surface area contributed by atoms with E-state index in [-0.39, 0.29) is 18.3 Å². The van der Waals surface area contributed by atoms with E-state index in [0.29, 0.717) is 0 Å². The average Bonchev–Trinajstić information content (AvgIpc) is 2.18. The highest BCUT2D eigenvalue weighted by molar-refractivity contribution is 5.79. The molecule has 6 nitrogen and oxygen atoms in total. The van der Waals surface area contributed by atoms with Crippen LogP contribution in [-0.4, -0.2) is 40.0 Å². The van der Waals surface area contributed by atoms with Gasteiger partial charge in [0.25, 0.3) is 0 Å². The lowest BCUT2D eigenvalue weighted by Gasteiger charge is -2.27. The second kappa shape index (κ2) is 6.92. The van der Waals surface area contributed by atoms with Crippen LogP contribution in [0.5, 0.6) is 0 Å². The summed E-state index contributed by atoms with van der Waals surface area (Å²) in [6.07, 6.45) is -0.969. The van der Waals surface area contributed by atoms with Gasteiger partial charge in [-0.25, -0.2) is 9.59 Å². The number of aliphatic carboxylic acids is 1. The quantitative estimate of drug-likeness (QED) is 0.720. The van der Waals surface area contributed by atoms with E-state index in [2.05, 4.69) is 5.32 Å². The fraction of sp³-hybridized carbons (Fsp3) is 0.857. The predicted molar refractivity (Wildman–Crippen MR) is 75.5 cm³/mol. The lowest BCUT2D eigenvalue weighted by molar-refractivity contribution is -0.139. The molecule has 0 aromatic carbocycles. The van der Waals surface area contributed by atoms with Gasteiger partial charge in [-0.2, -0.15) is 0 Å². The van der Waals surface area contributed by atoms with Crippen LogP contribution in [0, 0.1) is 5.41 Å². The van der Waals surface area contributed by atoms with Crippen molar-refractivity contribution in [2.24, 2.45) is 5.41 Å². The van der Waals surface area contributed by atoms with E-state index >= 15 is 0 Å². The van der Waals surface area contributed by atoms with Crippen LogP contribution in [0.4, 0.5) is 4.79 Å².